The SMILES string of the molecule is CN=C(NCCc1ccc(S(C)(=O)=O)cc1)NCc1ccc(Cl)cc1OC. The van der Waals surface area contributed by atoms with E-state index >= 15 is 0 Å². The van der Waals surface area contributed by atoms with Crippen molar-refractivity contribution in [2.24, 2.45) is 4.99 Å². The van der Waals surface area contributed by atoms with Gasteiger partial charge in [0, 0.05) is 37.0 Å². The summed E-state index contributed by atoms with van der Waals surface area (Å²) in [4.78, 5) is 4.53. The molecule has 2 aromatic carbocycles. The van der Waals surface area contributed by atoms with Crippen molar-refractivity contribution >= 4 is 27.4 Å². The van der Waals surface area contributed by atoms with Crippen LogP contribution in [0.3, 0.4) is 0 Å². The third-order valence-electron chi connectivity index (χ3n) is 3.98. The first-order chi connectivity index (χ1) is 12.8. The lowest BCUT2D eigenvalue weighted by atomic mass is 10.1. The number of rotatable bonds is 7. The highest BCUT2D eigenvalue weighted by molar-refractivity contribution is 7.90. The van der Waals surface area contributed by atoms with Gasteiger partial charge in [0.15, 0.2) is 15.8 Å². The topological polar surface area (TPSA) is 79.8 Å². The van der Waals surface area contributed by atoms with E-state index < -0.39 is 9.84 Å². The van der Waals surface area contributed by atoms with Crippen molar-refractivity contribution in [3.8, 4) is 5.75 Å². The smallest absolute Gasteiger partial charge is 0.191 e. The van der Waals surface area contributed by atoms with Crippen molar-refractivity contribution in [3.05, 3.63) is 58.6 Å². The first-order valence-corrected chi connectivity index (χ1v) is 10.7. The molecule has 0 saturated heterocycles. The van der Waals surface area contributed by atoms with E-state index in [9.17, 15) is 8.42 Å². The van der Waals surface area contributed by atoms with Gasteiger partial charge in [0.1, 0.15) is 5.75 Å². The van der Waals surface area contributed by atoms with Crippen molar-refractivity contribution in [3.63, 3.8) is 0 Å². The van der Waals surface area contributed by atoms with E-state index in [-0.39, 0.29) is 0 Å². The van der Waals surface area contributed by atoms with Crippen LogP contribution >= 0.6 is 11.6 Å². The zero-order chi connectivity index (χ0) is 19.9. The Bertz CT molecular complexity index is 897. The minimum absolute atomic E-state index is 0.327. The predicted octanol–water partition coefficient (Wildman–Crippen LogP) is 2.66. The zero-order valence-corrected chi connectivity index (χ0v) is 17.2. The van der Waals surface area contributed by atoms with Crippen molar-refractivity contribution in [1.82, 2.24) is 10.6 Å². The van der Waals surface area contributed by atoms with E-state index in [1.54, 1.807) is 32.4 Å². The van der Waals surface area contributed by atoms with E-state index in [1.165, 1.54) is 6.26 Å². The second-order valence-corrected chi connectivity index (χ2v) is 8.43. The van der Waals surface area contributed by atoms with E-state index in [0.717, 1.165) is 23.3 Å². The number of sulfone groups is 1. The average Bonchev–Trinajstić information content (AvgIpc) is 2.64. The molecule has 0 aliphatic carbocycles. The normalized spacial score (nSPS) is 11.9. The minimum atomic E-state index is -3.16. The van der Waals surface area contributed by atoms with Crippen LogP contribution in [0.15, 0.2) is 52.4 Å². The largest absolute Gasteiger partial charge is 0.496 e. The van der Waals surface area contributed by atoms with Gasteiger partial charge in [-0.2, -0.15) is 0 Å². The van der Waals surface area contributed by atoms with Gasteiger partial charge in [0.25, 0.3) is 0 Å². The summed E-state index contributed by atoms with van der Waals surface area (Å²) >= 11 is 5.98. The molecule has 0 amide bonds. The fraction of sp³-hybridized carbons (Fsp3) is 0.316. The van der Waals surface area contributed by atoms with Gasteiger partial charge < -0.3 is 15.4 Å². The van der Waals surface area contributed by atoms with Crippen LogP contribution in [0.2, 0.25) is 5.02 Å². The first-order valence-electron chi connectivity index (χ1n) is 8.39. The minimum Gasteiger partial charge on any atom is -0.496 e. The molecule has 0 spiro atoms. The monoisotopic (exact) mass is 409 g/mol. The number of hydrogen-bond acceptors (Lipinski definition) is 4. The van der Waals surface area contributed by atoms with Crippen LogP contribution in [0.4, 0.5) is 0 Å². The molecule has 2 N–H and O–H groups in total. The number of aliphatic imine (C=N–C) groups is 1. The number of guanidine groups is 1. The number of ether oxygens (including phenoxy) is 1. The van der Waals surface area contributed by atoms with Gasteiger partial charge in [-0.1, -0.05) is 29.8 Å². The van der Waals surface area contributed by atoms with Gasteiger partial charge in [-0.3, -0.25) is 4.99 Å². The second-order valence-electron chi connectivity index (χ2n) is 5.97. The number of methoxy groups -OCH3 is 1. The van der Waals surface area contributed by atoms with Crippen LogP contribution in [0, 0.1) is 0 Å². The molecule has 146 valence electrons. The molecule has 2 rings (SSSR count). The highest BCUT2D eigenvalue weighted by atomic mass is 35.5. The van der Waals surface area contributed by atoms with Gasteiger partial charge in [-0.25, -0.2) is 8.42 Å². The molecule has 0 saturated carbocycles. The van der Waals surface area contributed by atoms with E-state index in [2.05, 4.69) is 15.6 Å². The Morgan fingerprint density at radius 3 is 2.44 bits per heavy atom. The summed E-state index contributed by atoms with van der Waals surface area (Å²) in [6.07, 6.45) is 1.95. The summed E-state index contributed by atoms with van der Waals surface area (Å²) in [7, 11) is 0.149. The molecule has 2 aromatic rings. The fourth-order valence-electron chi connectivity index (χ4n) is 2.49. The van der Waals surface area contributed by atoms with E-state index in [0.29, 0.717) is 29.0 Å². The highest BCUT2D eigenvalue weighted by Gasteiger charge is 2.07. The van der Waals surface area contributed by atoms with Crippen molar-refractivity contribution in [2.75, 3.05) is 27.0 Å². The van der Waals surface area contributed by atoms with Crippen LogP contribution in [0.1, 0.15) is 11.1 Å². The number of halogens is 1. The van der Waals surface area contributed by atoms with Crippen molar-refractivity contribution in [2.45, 2.75) is 17.9 Å². The van der Waals surface area contributed by atoms with E-state index in [1.807, 2.05) is 24.3 Å². The Morgan fingerprint density at radius 1 is 1.15 bits per heavy atom. The molecule has 0 unspecified atom stereocenters. The fourth-order valence-corrected chi connectivity index (χ4v) is 3.29. The summed E-state index contributed by atoms with van der Waals surface area (Å²) in [5.41, 5.74) is 2.02. The van der Waals surface area contributed by atoms with Gasteiger partial charge in [0.2, 0.25) is 0 Å². The molecular weight excluding hydrogens is 386 g/mol. The quantitative estimate of drug-likeness (QED) is 0.543. The molecule has 6 nitrogen and oxygen atoms in total. The van der Waals surface area contributed by atoms with Crippen molar-refractivity contribution in [1.29, 1.82) is 0 Å². The maximum absolute atomic E-state index is 11.5. The maximum Gasteiger partial charge on any atom is 0.191 e. The lowest BCUT2D eigenvalue weighted by Crippen LogP contribution is -2.37. The van der Waals surface area contributed by atoms with Crippen LogP contribution in [-0.2, 0) is 22.8 Å². The lowest BCUT2D eigenvalue weighted by molar-refractivity contribution is 0.409. The van der Waals surface area contributed by atoms with Crippen molar-refractivity contribution < 1.29 is 13.2 Å². The Kier molecular flexibility index (Phi) is 7.50. The van der Waals surface area contributed by atoms with Gasteiger partial charge >= 0.3 is 0 Å². The second kappa shape index (κ2) is 9.62. The summed E-state index contributed by atoms with van der Waals surface area (Å²) in [5, 5.41) is 7.09. The zero-order valence-electron chi connectivity index (χ0n) is 15.6. The molecular formula is C19H24ClN3O3S. The summed E-state index contributed by atoms with van der Waals surface area (Å²) < 4.78 is 28.3. The van der Waals surface area contributed by atoms with Gasteiger partial charge in [-0.05, 0) is 36.2 Å². The maximum atomic E-state index is 11.5. The van der Waals surface area contributed by atoms with Gasteiger partial charge in [-0.15, -0.1) is 0 Å². The van der Waals surface area contributed by atoms with Gasteiger partial charge in [0.05, 0.1) is 12.0 Å². The number of hydrogen-bond donors (Lipinski definition) is 2. The highest BCUT2D eigenvalue weighted by Crippen LogP contribution is 2.22. The Morgan fingerprint density at radius 2 is 1.85 bits per heavy atom. The molecule has 0 aliphatic heterocycles. The lowest BCUT2D eigenvalue weighted by Gasteiger charge is -2.14. The summed E-state index contributed by atoms with van der Waals surface area (Å²) in [6.45, 7) is 1.21. The molecule has 0 radical (unpaired) electrons. The number of nitrogens with one attached hydrogen (secondary N) is 2. The summed E-state index contributed by atoms with van der Waals surface area (Å²) in [5.74, 6) is 1.39. The Balaban J connectivity index is 1.86. The molecule has 0 aromatic heterocycles. The van der Waals surface area contributed by atoms with Crippen LogP contribution in [0.25, 0.3) is 0 Å². The Hall–Kier alpha value is -2.25. The standard InChI is InChI=1S/C19H24ClN3O3S/c1-21-19(23-13-15-6-7-16(20)12-18(15)26-2)22-11-10-14-4-8-17(9-5-14)27(3,24)25/h4-9,12H,10-11,13H2,1-3H3,(H2,21,22,23). The predicted molar refractivity (Wildman–Crippen MR) is 109 cm³/mol. The van der Waals surface area contributed by atoms with E-state index in [4.69, 9.17) is 16.3 Å². The van der Waals surface area contributed by atoms with Crippen LogP contribution < -0.4 is 15.4 Å². The van der Waals surface area contributed by atoms with Crippen LogP contribution in [0.5, 0.6) is 5.75 Å². The molecule has 0 aliphatic rings. The average molecular weight is 410 g/mol. The third kappa shape index (κ3) is 6.45. The molecule has 0 fully saturated rings. The van der Waals surface area contributed by atoms with Crippen LogP contribution in [-0.4, -0.2) is 41.3 Å². The Labute approximate surface area is 165 Å². The molecule has 0 atom stereocenters. The number of nitrogens with zero attached hydrogens (tertiary/aromatic N) is 1. The number of benzene rings is 2. The molecule has 0 heterocycles. The first kappa shape index (κ1) is 21.1. The molecule has 0 bridgehead atoms. The third-order valence-corrected chi connectivity index (χ3v) is 5.34. The summed E-state index contributed by atoms with van der Waals surface area (Å²) in [6, 6.07) is 12.4. The molecule has 27 heavy (non-hydrogen) atoms. The molecule has 8 heteroatoms.